The maximum atomic E-state index is 12.9. The molecule has 1 heterocycles. The Labute approximate surface area is 184 Å². The molecule has 3 nitrogen and oxygen atoms in total. The third-order valence-corrected chi connectivity index (χ3v) is 5.23. The van der Waals surface area contributed by atoms with Gasteiger partial charge >= 0.3 is 0 Å². The average molecular weight is 437 g/mol. The lowest BCUT2D eigenvalue weighted by Gasteiger charge is -2.33. The van der Waals surface area contributed by atoms with Crippen molar-refractivity contribution >= 4 is 41.3 Å². The molecule has 0 aliphatic carbocycles. The maximum Gasteiger partial charge on any atom is 0.123 e. The number of ether oxygens (including phenoxy) is 1. The number of rotatable bonds is 6. The molecule has 3 aromatic rings. The van der Waals surface area contributed by atoms with Crippen molar-refractivity contribution in [2.75, 3.05) is 31.6 Å². The van der Waals surface area contributed by atoms with Crippen LogP contribution in [0.2, 0.25) is 0 Å². The molecule has 156 valence electrons. The van der Waals surface area contributed by atoms with Crippen LogP contribution < -0.4 is 10.1 Å². The predicted octanol–water partition coefficient (Wildman–Crippen LogP) is 5.78. The first kappa shape index (κ1) is 23.3. The third-order valence-electron chi connectivity index (χ3n) is 5.23. The van der Waals surface area contributed by atoms with Crippen molar-refractivity contribution in [3.63, 3.8) is 0 Å². The summed E-state index contributed by atoms with van der Waals surface area (Å²) >= 11 is 0. The smallest absolute Gasteiger partial charge is 0.123 e. The number of likely N-dealkylation sites (tertiary alicyclic amines) is 1. The second kappa shape index (κ2) is 11.2. The first-order valence-electron chi connectivity index (χ1n) is 9.63. The molecule has 0 bridgehead atoms. The fraction of sp³-hybridized carbons (Fsp3) is 0.304. The standard InChI is InChI=1S/C23H25FN2O.2ClH/c24-19-8-10-21(11-9-19)27-17-16-26-14-12-20(13-15-26)25-23-7-3-5-18-4-1-2-6-22(18)23;;/h1-11,20,25H,12-17H2;2*1H. The molecule has 29 heavy (non-hydrogen) atoms. The molecular formula is C23H27Cl2FN2O. The Kier molecular flexibility index (Phi) is 9.02. The van der Waals surface area contributed by atoms with Gasteiger partial charge in [-0.15, -0.1) is 24.8 Å². The zero-order valence-corrected chi connectivity index (χ0v) is 17.9. The Morgan fingerprint density at radius 1 is 0.897 bits per heavy atom. The molecule has 1 fully saturated rings. The molecule has 0 atom stereocenters. The molecule has 1 aliphatic rings. The summed E-state index contributed by atoms with van der Waals surface area (Å²) in [6.45, 7) is 3.66. The fourth-order valence-corrected chi connectivity index (χ4v) is 3.70. The minimum atomic E-state index is -0.233. The van der Waals surface area contributed by atoms with Gasteiger partial charge in [-0.25, -0.2) is 4.39 Å². The van der Waals surface area contributed by atoms with Crippen LogP contribution in [0.1, 0.15) is 12.8 Å². The molecule has 6 heteroatoms. The number of nitrogens with one attached hydrogen (secondary N) is 1. The summed E-state index contributed by atoms with van der Waals surface area (Å²) in [5, 5.41) is 6.30. The molecular weight excluding hydrogens is 410 g/mol. The molecule has 0 unspecified atom stereocenters. The van der Waals surface area contributed by atoms with Gasteiger partial charge in [-0.05, 0) is 48.6 Å². The molecule has 0 radical (unpaired) electrons. The molecule has 4 rings (SSSR count). The van der Waals surface area contributed by atoms with Crippen LogP contribution in [-0.2, 0) is 0 Å². The molecule has 0 spiro atoms. The van der Waals surface area contributed by atoms with E-state index >= 15 is 0 Å². The van der Waals surface area contributed by atoms with E-state index in [0.717, 1.165) is 38.2 Å². The Morgan fingerprint density at radius 2 is 1.59 bits per heavy atom. The van der Waals surface area contributed by atoms with Gasteiger partial charge < -0.3 is 10.1 Å². The highest BCUT2D eigenvalue weighted by atomic mass is 35.5. The molecule has 3 aromatic carbocycles. The van der Waals surface area contributed by atoms with Crippen molar-refractivity contribution in [3.8, 4) is 5.75 Å². The molecule has 0 amide bonds. The number of piperidine rings is 1. The van der Waals surface area contributed by atoms with Crippen molar-refractivity contribution in [1.82, 2.24) is 4.90 Å². The number of halogens is 3. The van der Waals surface area contributed by atoms with Crippen molar-refractivity contribution < 1.29 is 9.13 Å². The molecule has 1 N–H and O–H groups in total. The lowest BCUT2D eigenvalue weighted by molar-refractivity contribution is 0.177. The zero-order valence-electron chi connectivity index (χ0n) is 16.2. The van der Waals surface area contributed by atoms with Crippen LogP contribution in [0.4, 0.5) is 10.1 Å². The Balaban J connectivity index is 0.00000150. The maximum absolute atomic E-state index is 12.9. The van der Waals surface area contributed by atoms with Gasteiger partial charge in [0.15, 0.2) is 0 Å². The second-order valence-corrected chi connectivity index (χ2v) is 7.09. The number of hydrogen-bond donors (Lipinski definition) is 1. The normalized spacial score (nSPS) is 14.7. The van der Waals surface area contributed by atoms with E-state index in [1.54, 1.807) is 12.1 Å². The van der Waals surface area contributed by atoms with Crippen molar-refractivity contribution in [2.24, 2.45) is 0 Å². The van der Waals surface area contributed by atoms with Gasteiger partial charge in [0.1, 0.15) is 18.2 Å². The van der Waals surface area contributed by atoms with E-state index in [4.69, 9.17) is 4.74 Å². The van der Waals surface area contributed by atoms with Crippen molar-refractivity contribution in [1.29, 1.82) is 0 Å². The Hall–Kier alpha value is -2.01. The van der Waals surface area contributed by atoms with Crippen LogP contribution >= 0.6 is 24.8 Å². The van der Waals surface area contributed by atoms with Gasteiger partial charge in [-0.2, -0.15) is 0 Å². The Bertz CT molecular complexity index is 878. The van der Waals surface area contributed by atoms with Crippen LogP contribution in [0.3, 0.4) is 0 Å². The number of benzene rings is 3. The van der Waals surface area contributed by atoms with Crippen LogP contribution in [0.5, 0.6) is 5.75 Å². The lowest BCUT2D eigenvalue weighted by Crippen LogP contribution is -2.40. The van der Waals surface area contributed by atoms with E-state index in [1.165, 1.54) is 28.6 Å². The van der Waals surface area contributed by atoms with Gasteiger partial charge in [0, 0.05) is 36.7 Å². The van der Waals surface area contributed by atoms with Crippen LogP contribution in [0.25, 0.3) is 10.8 Å². The number of hydrogen-bond acceptors (Lipinski definition) is 3. The molecule has 1 saturated heterocycles. The second-order valence-electron chi connectivity index (χ2n) is 7.09. The van der Waals surface area contributed by atoms with Crippen LogP contribution in [0.15, 0.2) is 66.7 Å². The number of fused-ring (bicyclic) bond motifs is 1. The summed E-state index contributed by atoms with van der Waals surface area (Å²) in [6, 6.07) is 21.7. The Morgan fingerprint density at radius 3 is 2.34 bits per heavy atom. The van der Waals surface area contributed by atoms with Crippen LogP contribution in [0, 0.1) is 5.82 Å². The van der Waals surface area contributed by atoms with Gasteiger partial charge in [0.25, 0.3) is 0 Å². The van der Waals surface area contributed by atoms with E-state index < -0.39 is 0 Å². The van der Waals surface area contributed by atoms with Crippen molar-refractivity contribution in [3.05, 3.63) is 72.5 Å². The minimum Gasteiger partial charge on any atom is -0.492 e. The fourth-order valence-electron chi connectivity index (χ4n) is 3.70. The lowest BCUT2D eigenvalue weighted by atomic mass is 10.0. The van der Waals surface area contributed by atoms with Gasteiger partial charge in [-0.1, -0.05) is 36.4 Å². The summed E-state index contributed by atoms with van der Waals surface area (Å²) in [5.74, 6) is 0.493. The highest BCUT2D eigenvalue weighted by molar-refractivity contribution is 5.93. The van der Waals surface area contributed by atoms with E-state index in [0.29, 0.717) is 12.6 Å². The number of nitrogens with zero attached hydrogens (tertiary/aromatic N) is 1. The summed E-state index contributed by atoms with van der Waals surface area (Å²) in [7, 11) is 0. The van der Waals surface area contributed by atoms with E-state index in [2.05, 4.69) is 52.7 Å². The SMILES string of the molecule is Cl.Cl.Fc1ccc(OCCN2CCC(Nc3cccc4ccccc34)CC2)cc1. The van der Waals surface area contributed by atoms with E-state index in [-0.39, 0.29) is 30.6 Å². The average Bonchev–Trinajstić information content (AvgIpc) is 2.71. The van der Waals surface area contributed by atoms with Crippen molar-refractivity contribution in [2.45, 2.75) is 18.9 Å². The van der Waals surface area contributed by atoms with Gasteiger partial charge in [0.05, 0.1) is 0 Å². The topological polar surface area (TPSA) is 24.5 Å². The summed E-state index contributed by atoms with van der Waals surface area (Å²) < 4.78 is 18.6. The predicted molar refractivity (Wildman–Crippen MR) is 123 cm³/mol. The molecule has 1 aliphatic heterocycles. The van der Waals surface area contributed by atoms with Gasteiger partial charge in [0.2, 0.25) is 0 Å². The largest absolute Gasteiger partial charge is 0.492 e. The van der Waals surface area contributed by atoms with Crippen LogP contribution in [-0.4, -0.2) is 37.2 Å². The minimum absolute atomic E-state index is 0. The summed E-state index contributed by atoms with van der Waals surface area (Å²) in [6.07, 6.45) is 2.25. The number of anilines is 1. The highest BCUT2D eigenvalue weighted by Gasteiger charge is 2.19. The van der Waals surface area contributed by atoms with Gasteiger partial charge in [-0.3, -0.25) is 4.90 Å². The first-order chi connectivity index (χ1) is 13.3. The van der Waals surface area contributed by atoms with E-state index in [9.17, 15) is 4.39 Å². The summed E-state index contributed by atoms with van der Waals surface area (Å²) in [4.78, 5) is 2.44. The molecule has 0 aromatic heterocycles. The monoisotopic (exact) mass is 436 g/mol. The molecule has 0 saturated carbocycles. The highest BCUT2D eigenvalue weighted by Crippen LogP contribution is 2.25. The third kappa shape index (κ3) is 6.23. The zero-order chi connectivity index (χ0) is 18.5. The van der Waals surface area contributed by atoms with E-state index in [1.807, 2.05) is 0 Å². The first-order valence-corrected chi connectivity index (χ1v) is 9.63. The quantitative estimate of drug-likeness (QED) is 0.529. The summed E-state index contributed by atoms with van der Waals surface area (Å²) in [5.41, 5.74) is 1.23.